The van der Waals surface area contributed by atoms with Crippen LogP contribution in [0.5, 0.6) is 5.75 Å². The van der Waals surface area contributed by atoms with Crippen molar-refractivity contribution in [2.75, 3.05) is 26.1 Å². The first kappa shape index (κ1) is 17.8. The first-order valence-corrected chi connectivity index (χ1v) is 7.93. The summed E-state index contributed by atoms with van der Waals surface area (Å²) in [4.78, 5) is 12.2. The van der Waals surface area contributed by atoms with Gasteiger partial charge in [-0.1, -0.05) is 43.3 Å². The van der Waals surface area contributed by atoms with Crippen LogP contribution in [-0.4, -0.2) is 26.8 Å². The average molecular weight is 328 g/mol. The predicted molar refractivity (Wildman–Crippen MR) is 95.4 cm³/mol. The molecule has 2 aromatic rings. The molecule has 0 aromatic heterocycles. The number of hydrogen-bond donors (Lipinski definition) is 2. The third-order valence-electron chi connectivity index (χ3n) is 4.12. The SMILES string of the molecule is CCC(CNC(=O)Nc1cccc(OC)c1)(OC)c1ccccc1. The number of urea groups is 1. The summed E-state index contributed by atoms with van der Waals surface area (Å²) in [5.41, 5.74) is 1.16. The number of methoxy groups -OCH3 is 2. The Morgan fingerprint density at radius 2 is 1.83 bits per heavy atom. The number of ether oxygens (including phenoxy) is 2. The van der Waals surface area contributed by atoms with E-state index in [1.54, 1.807) is 20.3 Å². The average Bonchev–Trinajstić information content (AvgIpc) is 2.64. The van der Waals surface area contributed by atoms with Crippen LogP contribution in [0.25, 0.3) is 0 Å². The molecule has 0 radical (unpaired) electrons. The van der Waals surface area contributed by atoms with Gasteiger partial charge in [0, 0.05) is 18.9 Å². The zero-order valence-electron chi connectivity index (χ0n) is 14.3. The van der Waals surface area contributed by atoms with Crippen LogP contribution < -0.4 is 15.4 Å². The van der Waals surface area contributed by atoms with E-state index in [-0.39, 0.29) is 6.03 Å². The van der Waals surface area contributed by atoms with Crippen molar-refractivity contribution < 1.29 is 14.3 Å². The lowest BCUT2D eigenvalue weighted by Crippen LogP contribution is -2.43. The quantitative estimate of drug-likeness (QED) is 0.813. The van der Waals surface area contributed by atoms with E-state index in [4.69, 9.17) is 9.47 Å². The van der Waals surface area contributed by atoms with Crippen LogP contribution in [0.15, 0.2) is 54.6 Å². The molecule has 2 rings (SSSR count). The highest BCUT2D eigenvalue weighted by Crippen LogP contribution is 2.28. The minimum atomic E-state index is -0.549. The number of amides is 2. The van der Waals surface area contributed by atoms with Gasteiger partial charge in [0.05, 0.1) is 13.7 Å². The van der Waals surface area contributed by atoms with Gasteiger partial charge in [0.25, 0.3) is 0 Å². The fourth-order valence-corrected chi connectivity index (χ4v) is 2.61. The fourth-order valence-electron chi connectivity index (χ4n) is 2.61. The number of rotatable bonds is 7. The first-order valence-electron chi connectivity index (χ1n) is 7.93. The predicted octanol–water partition coefficient (Wildman–Crippen LogP) is 3.77. The molecule has 0 aliphatic carbocycles. The Kier molecular flexibility index (Phi) is 6.21. The molecule has 128 valence electrons. The standard InChI is InChI=1S/C19H24N2O3/c1-4-19(24-3,15-9-6-5-7-10-15)14-20-18(22)21-16-11-8-12-17(13-16)23-2/h5-13H,4,14H2,1-3H3,(H2,20,21,22). The molecule has 2 aromatic carbocycles. The maximum absolute atomic E-state index is 12.2. The van der Waals surface area contributed by atoms with Crippen molar-refractivity contribution in [3.8, 4) is 5.75 Å². The number of carbonyl (C=O) groups is 1. The van der Waals surface area contributed by atoms with Crippen molar-refractivity contribution in [3.63, 3.8) is 0 Å². The Balaban J connectivity index is 2.02. The van der Waals surface area contributed by atoms with E-state index in [1.165, 1.54) is 0 Å². The normalized spacial score (nSPS) is 13.0. The summed E-state index contributed by atoms with van der Waals surface area (Å²) in [6.45, 7) is 2.41. The molecule has 0 bridgehead atoms. The van der Waals surface area contributed by atoms with E-state index in [0.717, 1.165) is 12.0 Å². The Morgan fingerprint density at radius 3 is 2.46 bits per heavy atom. The molecule has 1 atom stereocenters. The molecule has 2 N–H and O–H groups in total. The number of anilines is 1. The van der Waals surface area contributed by atoms with Crippen molar-refractivity contribution in [1.29, 1.82) is 0 Å². The third-order valence-corrected chi connectivity index (χ3v) is 4.12. The molecular formula is C19H24N2O3. The molecule has 0 saturated carbocycles. The van der Waals surface area contributed by atoms with Crippen molar-refractivity contribution in [2.45, 2.75) is 18.9 Å². The zero-order valence-corrected chi connectivity index (χ0v) is 14.3. The largest absolute Gasteiger partial charge is 0.497 e. The molecule has 0 spiro atoms. The molecule has 1 unspecified atom stereocenters. The molecule has 5 nitrogen and oxygen atoms in total. The van der Waals surface area contributed by atoms with E-state index < -0.39 is 5.60 Å². The molecule has 0 aliphatic rings. The van der Waals surface area contributed by atoms with Gasteiger partial charge in [-0.15, -0.1) is 0 Å². The van der Waals surface area contributed by atoms with Gasteiger partial charge >= 0.3 is 6.03 Å². The van der Waals surface area contributed by atoms with Crippen LogP contribution in [0.2, 0.25) is 0 Å². The van der Waals surface area contributed by atoms with Crippen LogP contribution in [0.3, 0.4) is 0 Å². The lowest BCUT2D eigenvalue weighted by molar-refractivity contribution is -0.0149. The maximum atomic E-state index is 12.2. The van der Waals surface area contributed by atoms with Crippen molar-refractivity contribution in [2.24, 2.45) is 0 Å². The Bertz CT molecular complexity index is 655. The number of carbonyl (C=O) groups excluding carboxylic acids is 1. The van der Waals surface area contributed by atoms with Crippen LogP contribution in [0.1, 0.15) is 18.9 Å². The second kappa shape index (κ2) is 8.36. The van der Waals surface area contributed by atoms with E-state index in [2.05, 4.69) is 10.6 Å². The molecule has 0 heterocycles. The van der Waals surface area contributed by atoms with Gasteiger partial charge in [-0.2, -0.15) is 0 Å². The highest BCUT2D eigenvalue weighted by Gasteiger charge is 2.30. The monoisotopic (exact) mass is 328 g/mol. The highest BCUT2D eigenvalue weighted by atomic mass is 16.5. The van der Waals surface area contributed by atoms with Crippen molar-refractivity contribution in [3.05, 3.63) is 60.2 Å². The summed E-state index contributed by atoms with van der Waals surface area (Å²) in [5, 5.41) is 5.70. The van der Waals surface area contributed by atoms with Crippen LogP contribution in [0, 0.1) is 0 Å². The smallest absolute Gasteiger partial charge is 0.319 e. The minimum Gasteiger partial charge on any atom is -0.497 e. The summed E-state index contributed by atoms with van der Waals surface area (Å²) in [7, 11) is 3.26. The van der Waals surface area contributed by atoms with Gasteiger partial charge in [0.1, 0.15) is 11.4 Å². The van der Waals surface area contributed by atoms with Gasteiger partial charge in [-0.25, -0.2) is 4.79 Å². The molecular weight excluding hydrogens is 304 g/mol. The van der Waals surface area contributed by atoms with Gasteiger partial charge in [0.2, 0.25) is 0 Å². The van der Waals surface area contributed by atoms with Crippen molar-refractivity contribution in [1.82, 2.24) is 5.32 Å². The summed E-state index contributed by atoms with van der Waals surface area (Å²) < 4.78 is 10.9. The van der Waals surface area contributed by atoms with Gasteiger partial charge in [-0.3, -0.25) is 0 Å². The molecule has 0 fully saturated rings. The Hall–Kier alpha value is -2.53. The molecule has 5 heteroatoms. The van der Waals surface area contributed by atoms with Crippen LogP contribution in [0.4, 0.5) is 10.5 Å². The number of benzene rings is 2. The first-order chi connectivity index (χ1) is 11.6. The zero-order chi connectivity index (χ0) is 17.4. The van der Waals surface area contributed by atoms with Gasteiger partial charge < -0.3 is 20.1 Å². The summed E-state index contributed by atoms with van der Waals surface area (Å²) >= 11 is 0. The Morgan fingerprint density at radius 1 is 1.08 bits per heavy atom. The third kappa shape index (κ3) is 4.26. The lowest BCUT2D eigenvalue weighted by Gasteiger charge is -2.32. The molecule has 0 aliphatic heterocycles. The minimum absolute atomic E-state index is 0.283. The summed E-state index contributed by atoms with van der Waals surface area (Å²) in [6, 6.07) is 16.8. The highest BCUT2D eigenvalue weighted by molar-refractivity contribution is 5.89. The van der Waals surface area contributed by atoms with E-state index >= 15 is 0 Å². The molecule has 0 saturated heterocycles. The summed E-state index contributed by atoms with van der Waals surface area (Å²) in [5.74, 6) is 0.692. The number of hydrogen-bond acceptors (Lipinski definition) is 3. The molecule has 24 heavy (non-hydrogen) atoms. The van der Waals surface area contributed by atoms with E-state index in [9.17, 15) is 4.79 Å². The van der Waals surface area contributed by atoms with E-state index in [1.807, 2.05) is 55.5 Å². The van der Waals surface area contributed by atoms with Crippen LogP contribution >= 0.6 is 0 Å². The topological polar surface area (TPSA) is 59.6 Å². The lowest BCUT2D eigenvalue weighted by atomic mass is 9.91. The maximum Gasteiger partial charge on any atom is 0.319 e. The fraction of sp³-hybridized carbons (Fsp3) is 0.316. The second-order valence-corrected chi connectivity index (χ2v) is 5.46. The van der Waals surface area contributed by atoms with Gasteiger partial charge in [0.15, 0.2) is 0 Å². The second-order valence-electron chi connectivity index (χ2n) is 5.46. The van der Waals surface area contributed by atoms with Crippen LogP contribution in [-0.2, 0) is 10.3 Å². The van der Waals surface area contributed by atoms with Gasteiger partial charge in [-0.05, 0) is 24.1 Å². The molecule has 2 amide bonds. The number of nitrogens with one attached hydrogen (secondary N) is 2. The van der Waals surface area contributed by atoms with E-state index in [0.29, 0.717) is 18.0 Å². The Labute approximate surface area is 143 Å². The van der Waals surface area contributed by atoms with Crippen molar-refractivity contribution >= 4 is 11.7 Å². The summed E-state index contributed by atoms with van der Waals surface area (Å²) in [6.07, 6.45) is 0.743.